The van der Waals surface area contributed by atoms with E-state index in [-0.39, 0.29) is 5.82 Å². The summed E-state index contributed by atoms with van der Waals surface area (Å²) in [7, 11) is 0. The summed E-state index contributed by atoms with van der Waals surface area (Å²) in [6.45, 7) is 2.10. The minimum atomic E-state index is -0.508. The lowest BCUT2D eigenvalue weighted by atomic mass is 9.95. The molecule has 0 fully saturated rings. The number of ether oxygens (including phenoxy) is 1. The van der Waals surface area contributed by atoms with Gasteiger partial charge in [-0.25, -0.2) is 4.39 Å². The average Bonchev–Trinajstić information content (AvgIpc) is 2.60. The normalized spacial score (nSPS) is 16.7. The molecule has 0 saturated heterocycles. The third-order valence-corrected chi connectivity index (χ3v) is 4.29. The summed E-state index contributed by atoms with van der Waals surface area (Å²) in [5, 5.41) is 6.41. The van der Waals surface area contributed by atoms with Crippen molar-refractivity contribution in [3.05, 3.63) is 76.7 Å². The predicted octanol–water partition coefficient (Wildman–Crippen LogP) is 2.68. The van der Waals surface area contributed by atoms with Crippen LogP contribution in [-0.2, 0) is 11.4 Å². The fraction of sp³-hybridized carbons (Fsp3) is 0.158. The molecule has 0 radical (unpaired) electrons. The molecule has 26 heavy (non-hydrogen) atoms. The van der Waals surface area contributed by atoms with Crippen molar-refractivity contribution in [2.75, 3.05) is 0 Å². The van der Waals surface area contributed by atoms with Crippen LogP contribution in [0.2, 0.25) is 0 Å². The first kappa shape index (κ1) is 17.9. The van der Waals surface area contributed by atoms with Gasteiger partial charge in [0.25, 0.3) is 0 Å². The molecule has 0 bridgehead atoms. The molecule has 7 heteroatoms. The van der Waals surface area contributed by atoms with Crippen LogP contribution < -0.4 is 21.1 Å². The summed E-state index contributed by atoms with van der Waals surface area (Å²) in [6.07, 6.45) is 0. The number of hydrogen-bond acceptors (Lipinski definition) is 3. The van der Waals surface area contributed by atoms with Crippen LogP contribution in [0.4, 0.5) is 4.39 Å². The molecule has 1 atom stereocenters. The van der Waals surface area contributed by atoms with E-state index in [2.05, 4.69) is 10.6 Å². The van der Waals surface area contributed by atoms with E-state index in [0.717, 1.165) is 11.1 Å². The maximum absolute atomic E-state index is 12.9. The molecule has 4 N–H and O–H groups in total. The highest BCUT2D eigenvalue weighted by molar-refractivity contribution is 7.80. The maximum atomic E-state index is 12.9. The van der Waals surface area contributed by atoms with Gasteiger partial charge in [0.05, 0.1) is 11.6 Å². The number of carbonyl (C=O) groups is 1. The van der Waals surface area contributed by atoms with Crippen molar-refractivity contribution < 1.29 is 13.9 Å². The van der Waals surface area contributed by atoms with Gasteiger partial charge in [0.15, 0.2) is 5.11 Å². The number of halogens is 1. The van der Waals surface area contributed by atoms with Crippen molar-refractivity contribution in [1.82, 2.24) is 10.6 Å². The molecule has 0 aromatic heterocycles. The van der Waals surface area contributed by atoms with Gasteiger partial charge in [0.1, 0.15) is 18.2 Å². The first-order valence-corrected chi connectivity index (χ1v) is 8.40. The fourth-order valence-corrected chi connectivity index (χ4v) is 3.05. The second kappa shape index (κ2) is 7.53. The van der Waals surface area contributed by atoms with Gasteiger partial charge in [-0.3, -0.25) is 4.79 Å². The monoisotopic (exact) mass is 371 g/mol. The maximum Gasteiger partial charge on any atom is 0.248 e. The molecule has 0 saturated carbocycles. The summed E-state index contributed by atoms with van der Waals surface area (Å²) in [5.74, 6) is -0.123. The summed E-state index contributed by atoms with van der Waals surface area (Å²) in [6, 6.07) is 13.0. The number of amides is 1. The second-order valence-electron chi connectivity index (χ2n) is 5.92. The molecule has 1 amide bonds. The summed E-state index contributed by atoms with van der Waals surface area (Å²) in [5.41, 5.74) is 8.31. The van der Waals surface area contributed by atoms with Crippen molar-refractivity contribution in [3.63, 3.8) is 0 Å². The standard InChI is InChI=1S/C19H18FN3O2S/c1-11-16(18(21)24)17(23-19(26)22-11)13-4-8-15(9-5-13)25-10-12-2-6-14(20)7-3-12/h2-9,17H,10H2,1H3,(H2,21,24)(H2,22,23,26). The van der Waals surface area contributed by atoms with E-state index in [1.165, 1.54) is 12.1 Å². The second-order valence-corrected chi connectivity index (χ2v) is 6.33. The number of primary amides is 1. The Balaban J connectivity index is 1.74. The van der Waals surface area contributed by atoms with Crippen LogP contribution >= 0.6 is 12.2 Å². The third-order valence-electron chi connectivity index (χ3n) is 4.07. The Hall–Kier alpha value is -2.93. The molecule has 1 aliphatic heterocycles. The molecule has 0 aliphatic carbocycles. The Morgan fingerprint density at radius 3 is 2.46 bits per heavy atom. The Kier molecular flexibility index (Phi) is 5.18. The number of allylic oxidation sites excluding steroid dienone is 1. The van der Waals surface area contributed by atoms with Gasteiger partial charge in [-0.1, -0.05) is 24.3 Å². The molecule has 0 spiro atoms. The van der Waals surface area contributed by atoms with E-state index in [1.54, 1.807) is 31.2 Å². The van der Waals surface area contributed by atoms with E-state index >= 15 is 0 Å². The molecule has 2 aromatic carbocycles. The molecule has 1 heterocycles. The smallest absolute Gasteiger partial charge is 0.248 e. The minimum absolute atomic E-state index is 0.279. The lowest BCUT2D eigenvalue weighted by Crippen LogP contribution is -2.46. The molecule has 1 aliphatic rings. The number of benzene rings is 2. The van der Waals surface area contributed by atoms with Gasteiger partial charge in [-0.15, -0.1) is 0 Å². The molecule has 1 unspecified atom stereocenters. The molecule has 3 rings (SSSR count). The van der Waals surface area contributed by atoms with E-state index in [1.807, 2.05) is 12.1 Å². The van der Waals surface area contributed by atoms with Gasteiger partial charge < -0.3 is 21.1 Å². The number of hydrogen-bond donors (Lipinski definition) is 3. The Bertz CT molecular complexity index is 863. The van der Waals surface area contributed by atoms with Crippen molar-refractivity contribution >= 4 is 23.2 Å². The quantitative estimate of drug-likeness (QED) is 0.705. The highest BCUT2D eigenvalue weighted by Gasteiger charge is 2.28. The largest absolute Gasteiger partial charge is 0.489 e. The lowest BCUT2D eigenvalue weighted by molar-refractivity contribution is -0.115. The van der Waals surface area contributed by atoms with Crippen LogP contribution in [0.5, 0.6) is 5.75 Å². The number of carbonyl (C=O) groups excluding carboxylic acids is 1. The van der Waals surface area contributed by atoms with E-state index < -0.39 is 11.9 Å². The Morgan fingerprint density at radius 1 is 1.19 bits per heavy atom. The average molecular weight is 371 g/mol. The van der Waals surface area contributed by atoms with Crippen molar-refractivity contribution in [2.24, 2.45) is 5.73 Å². The molecule has 134 valence electrons. The van der Waals surface area contributed by atoms with Crippen molar-refractivity contribution in [1.29, 1.82) is 0 Å². The highest BCUT2D eigenvalue weighted by Crippen LogP contribution is 2.27. The van der Waals surface area contributed by atoms with Gasteiger partial charge in [0.2, 0.25) is 5.91 Å². The van der Waals surface area contributed by atoms with Gasteiger partial charge in [-0.05, 0) is 54.5 Å². The zero-order valence-corrected chi connectivity index (χ0v) is 14.9. The van der Waals surface area contributed by atoms with E-state index in [4.69, 9.17) is 22.7 Å². The number of nitrogens with one attached hydrogen (secondary N) is 2. The van der Waals surface area contributed by atoms with Crippen LogP contribution in [0.25, 0.3) is 0 Å². The Morgan fingerprint density at radius 2 is 1.85 bits per heavy atom. The first-order valence-electron chi connectivity index (χ1n) is 7.99. The van der Waals surface area contributed by atoms with Gasteiger partial charge >= 0.3 is 0 Å². The van der Waals surface area contributed by atoms with Crippen LogP contribution in [0.15, 0.2) is 59.8 Å². The van der Waals surface area contributed by atoms with Crippen LogP contribution in [0.3, 0.4) is 0 Å². The van der Waals surface area contributed by atoms with E-state index in [9.17, 15) is 9.18 Å². The number of rotatable bonds is 5. The predicted molar refractivity (Wildman–Crippen MR) is 101 cm³/mol. The van der Waals surface area contributed by atoms with Gasteiger partial charge in [0, 0.05) is 5.70 Å². The minimum Gasteiger partial charge on any atom is -0.489 e. The topological polar surface area (TPSA) is 76.4 Å². The fourth-order valence-electron chi connectivity index (χ4n) is 2.77. The summed E-state index contributed by atoms with van der Waals surface area (Å²) >= 11 is 5.17. The highest BCUT2D eigenvalue weighted by atomic mass is 32.1. The van der Waals surface area contributed by atoms with Crippen molar-refractivity contribution in [3.8, 4) is 5.75 Å². The third kappa shape index (κ3) is 4.00. The molecular formula is C19H18FN3O2S. The van der Waals surface area contributed by atoms with Gasteiger partial charge in [-0.2, -0.15) is 0 Å². The molecule has 5 nitrogen and oxygen atoms in total. The van der Waals surface area contributed by atoms with E-state index in [0.29, 0.717) is 28.7 Å². The van der Waals surface area contributed by atoms with Crippen molar-refractivity contribution in [2.45, 2.75) is 19.6 Å². The number of thiocarbonyl (C=S) groups is 1. The first-order chi connectivity index (χ1) is 12.4. The zero-order chi connectivity index (χ0) is 18.7. The summed E-state index contributed by atoms with van der Waals surface area (Å²) < 4.78 is 18.6. The lowest BCUT2D eigenvalue weighted by Gasteiger charge is -2.29. The van der Waals surface area contributed by atoms with Crippen LogP contribution in [0.1, 0.15) is 24.1 Å². The van der Waals surface area contributed by atoms with Crippen LogP contribution in [0, 0.1) is 5.82 Å². The summed E-state index contributed by atoms with van der Waals surface area (Å²) in [4.78, 5) is 11.8. The zero-order valence-electron chi connectivity index (χ0n) is 14.1. The SMILES string of the molecule is CC1=C(C(N)=O)C(c2ccc(OCc3ccc(F)cc3)cc2)NC(=S)N1. The molecular weight excluding hydrogens is 353 g/mol. The Labute approximate surface area is 156 Å². The molecule has 2 aromatic rings. The number of nitrogens with two attached hydrogens (primary N) is 1. The van der Waals surface area contributed by atoms with Crippen LogP contribution in [-0.4, -0.2) is 11.0 Å².